The van der Waals surface area contributed by atoms with Crippen LogP contribution in [0.3, 0.4) is 0 Å². The Morgan fingerprint density at radius 3 is 1.23 bits per heavy atom. The number of esters is 1. The molecule has 364 valence electrons. The van der Waals surface area contributed by atoms with Gasteiger partial charge in [0.05, 0.1) is 19.8 Å². The molecule has 0 aromatic carbocycles. The number of carbonyl (C=O) groups excluding carboxylic acids is 1. The first-order valence-corrected chi connectivity index (χ1v) is 26.5. The van der Waals surface area contributed by atoms with Crippen LogP contribution in [-0.2, 0) is 27.9 Å². The van der Waals surface area contributed by atoms with Gasteiger partial charge in [-0.2, -0.15) is 0 Å². The summed E-state index contributed by atoms with van der Waals surface area (Å²) in [4.78, 5) is 22.6. The fraction of sp³-hybridized carbons (Fsp3) is 0.618. The molecule has 0 aromatic rings. The molecule has 0 saturated heterocycles. The maximum absolute atomic E-state index is 12.7. The molecule has 0 aliphatic carbocycles. The lowest BCUT2D eigenvalue weighted by molar-refractivity contribution is -0.154. The van der Waals surface area contributed by atoms with Crippen molar-refractivity contribution in [3.8, 4) is 0 Å². The van der Waals surface area contributed by atoms with Crippen LogP contribution < -0.4 is 5.73 Å². The van der Waals surface area contributed by atoms with Gasteiger partial charge in [0, 0.05) is 19.6 Å². The lowest BCUT2D eigenvalue weighted by Gasteiger charge is -2.20. The smallest absolute Gasteiger partial charge is 0.457 e. The van der Waals surface area contributed by atoms with Crippen LogP contribution in [0.4, 0.5) is 0 Å². The van der Waals surface area contributed by atoms with Crippen LogP contribution >= 0.6 is 7.82 Å². The highest BCUT2D eigenvalue weighted by Crippen LogP contribution is 2.43. The van der Waals surface area contributed by atoms with E-state index in [1.165, 1.54) is 32.1 Å². The number of unbranched alkanes of at least 4 members (excludes halogenated alkanes) is 13. The molecule has 2 atom stereocenters. The first-order chi connectivity index (χ1) is 31.4. The monoisotopic (exact) mass is 910 g/mol. The summed E-state index contributed by atoms with van der Waals surface area (Å²) in [7, 11) is -4.30. The Balaban J connectivity index is 4.06. The molecule has 0 amide bonds. The van der Waals surface area contributed by atoms with Gasteiger partial charge in [-0.1, -0.05) is 193 Å². The van der Waals surface area contributed by atoms with Crippen LogP contribution in [-0.4, -0.2) is 49.9 Å². The lowest BCUT2D eigenvalue weighted by atomic mass is 10.1. The number of hydrogen-bond acceptors (Lipinski definition) is 7. The molecule has 0 rings (SSSR count). The first kappa shape index (κ1) is 60.9. The summed E-state index contributed by atoms with van der Waals surface area (Å²) in [6, 6.07) is 0. The molecule has 0 radical (unpaired) electrons. The van der Waals surface area contributed by atoms with Crippen LogP contribution in [0.15, 0.2) is 122 Å². The van der Waals surface area contributed by atoms with Crippen molar-refractivity contribution in [1.29, 1.82) is 0 Å². The standard InChI is InChI=1S/C55H92NO7P/c1-3-5-7-9-11-13-15-17-19-21-23-25-26-27-29-31-33-35-37-39-41-43-45-47-50-60-52-54(53-62-64(58,59)61-51-49-56)63-55(57)48-46-44-42-40-38-36-34-32-30-28-24-22-20-18-16-14-12-10-8-6-4-2/h5-8,11-14,17-20,23-25,27-29,32,34,54H,3-4,9-10,15-16,21-22,26,30-31,33,35-53,56H2,1-2H3,(H,58,59)/b7-5-,8-6-,13-11-,14-12-,19-17-,20-18-,25-23-,28-24-,29-27-,34-32-. The van der Waals surface area contributed by atoms with Crippen LogP contribution in [0.5, 0.6) is 0 Å². The van der Waals surface area contributed by atoms with Gasteiger partial charge in [0.2, 0.25) is 0 Å². The third kappa shape index (κ3) is 49.9. The van der Waals surface area contributed by atoms with Crippen molar-refractivity contribution in [2.75, 3.05) is 33.0 Å². The molecule has 0 aromatic heterocycles. The summed E-state index contributed by atoms with van der Waals surface area (Å²) in [5.74, 6) is -0.357. The van der Waals surface area contributed by atoms with Crippen LogP contribution in [0, 0.1) is 0 Å². The average molecular weight is 910 g/mol. The zero-order valence-electron chi connectivity index (χ0n) is 40.5. The van der Waals surface area contributed by atoms with E-state index in [0.29, 0.717) is 6.61 Å². The highest BCUT2D eigenvalue weighted by Gasteiger charge is 2.25. The van der Waals surface area contributed by atoms with Crippen molar-refractivity contribution in [2.24, 2.45) is 5.73 Å². The maximum atomic E-state index is 12.7. The van der Waals surface area contributed by atoms with E-state index in [2.05, 4.69) is 135 Å². The number of phosphoric ester groups is 1. The van der Waals surface area contributed by atoms with E-state index in [-0.39, 0.29) is 38.8 Å². The summed E-state index contributed by atoms with van der Waals surface area (Å²) in [6.07, 6.45) is 70.8. The number of ether oxygens (including phenoxy) is 2. The molecule has 9 heteroatoms. The Morgan fingerprint density at radius 2 is 0.828 bits per heavy atom. The number of nitrogens with two attached hydrogens (primary N) is 1. The van der Waals surface area contributed by atoms with E-state index >= 15 is 0 Å². The Hall–Kier alpha value is -3.10. The van der Waals surface area contributed by atoms with Crippen molar-refractivity contribution >= 4 is 13.8 Å². The average Bonchev–Trinajstić information content (AvgIpc) is 3.29. The molecule has 64 heavy (non-hydrogen) atoms. The summed E-state index contributed by atoms with van der Waals surface area (Å²) >= 11 is 0. The molecule has 0 heterocycles. The third-order valence-corrected chi connectivity index (χ3v) is 10.9. The second-order valence-corrected chi connectivity index (χ2v) is 17.4. The summed E-state index contributed by atoms with van der Waals surface area (Å²) in [5, 5.41) is 0. The van der Waals surface area contributed by atoms with Crippen LogP contribution in [0.25, 0.3) is 0 Å². The molecule has 0 fully saturated rings. The van der Waals surface area contributed by atoms with Crippen LogP contribution in [0.1, 0.15) is 181 Å². The van der Waals surface area contributed by atoms with Gasteiger partial charge >= 0.3 is 13.8 Å². The predicted molar refractivity (Wildman–Crippen MR) is 274 cm³/mol. The minimum absolute atomic E-state index is 0.0879. The SMILES string of the molecule is CC/C=C\C/C=C\C/C=C\C/C=C\C/C=C\CCCCCCCCCCOCC(COP(=O)(O)OCCN)OC(=O)CCCCCCC/C=C\C/C=C\C/C=C\C/C=C\C/C=C\CC. The second kappa shape index (κ2) is 50.9. The highest BCUT2D eigenvalue weighted by atomic mass is 31.2. The molecular formula is C55H92NO7P. The topological polar surface area (TPSA) is 117 Å². The Kier molecular flexibility index (Phi) is 48.4. The number of hydrogen-bond donors (Lipinski definition) is 2. The summed E-state index contributed by atoms with van der Waals surface area (Å²) in [5.41, 5.74) is 5.39. The zero-order valence-corrected chi connectivity index (χ0v) is 41.4. The van der Waals surface area contributed by atoms with Crippen molar-refractivity contribution in [2.45, 2.75) is 187 Å². The molecule has 0 saturated carbocycles. The largest absolute Gasteiger partial charge is 0.472 e. The van der Waals surface area contributed by atoms with Gasteiger partial charge in [-0.05, 0) is 103 Å². The Labute approximate surface area is 392 Å². The normalized spacial score (nSPS) is 14.4. The number of allylic oxidation sites excluding steroid dienone is 20. The van der Waals surface area contributed by atoms with E-state index in [9.17, 15) is 14.3 Å². The lowest BCUT2D eigenvalue weighted by Crippen LogP contribution is -2.28. The summed E-state index contributed by atoms with van der Waals surface area (Å²) in [6.45, 7) is 4.62. The first-order valence-electron chi connectivity index (χ1n) is 25.0. The number of carbonyl (C=O) groups is 1. The predicted octanol–water partition coefficient (Wildman–Crippen LogP) is 15.8. The van der Waals surface area contributed by atoms with Gasteiger partial charge in [-0.3, -0.25) is 13.8 Å². The third-order valence-electron chi connectivity index (χ3n) is 9.87. The molecule has 3 N–H and O–H groups in total. The fourth-order valence-corrected chi connectivity index (χ4v) is 7.05. The van der Waals surface area contributed by atoms with Gasteiger partial charge in [0.25, 0.3) is 0 Å². The number of rotatable bonds is 46. The second-order valence-electron chi connectivity index (χ2n) is 15.9. The highest BCUT2D eigenvalue weighted by molar-refractivity contribution is 7.47. The van der Waals surface area contributed by atoms with E-state index in [1.807, 2.05) is 0 Å². The molecule has 0 spiro atoms. The van der Waals surface area contributed by atoms with E-state index in [0.717, 1.165) is 128 Å². The van der Waals surface area contributed by atoms with Crippen molar-refractivity contribution in [1.82, 2.24) is 0 Å². The van der Waals surface area contributed by atoms with Crippen molar-refractivity contribution in [3.05, 3.63) is 122 Å². The molecule has 0 aliphatic heterocycles. The van der Waals surface area contributed by atoms with Gasteiger partial charge in [-0.25, -0.2) is 4.57 Å². The molecule has 0 aliphatic rings. The van der Waals surface area contributed by atoms with E-state index in [4.69, 9.17) is 24.3 Å². The Bertz CT molecular complexity index is 1390. The minimum atomic E-state index is -4.30. The zero-order chi connectivity index (χ0) is 46.5. The molecule has 8 nitrogen and oxygen atoms in total. The minimum Gasteiger partial charge on any atom is -0.457 e. The number of phosphoric acid groups is 1. The van der Waals surface area contributed by atoms with Crippen LogP contribution in [0.2, 0.25) is 0 Å². The van der Waals surface area contributed by atoms with Gasteiger partial charge in [-0.15, -0.1) is 0 Å². The van der Waals surface area contributed by atoms with E-state index < -0.39 is 13.9 Å². The quantitative estimate of drug-likeness (QED) is 0.0268. The van der Waals surface area contributed by atoms with Gasteiger partial charge < -0.3 is 20.1 Å². The molecular weight excluding hydrogens is 818 g/mol. The van der Waals surface area contributed by atoms with Crippen molar-refractivity contribution < 1.29 is 32.8 Å². The van der Waals surface area contributed by atoms with Gasteiger partial charge in [0.15, 0.2) is 0 Å². The van der Waals surface area contributed by atoms with Gasteiger partial charge in [0.1, 0.15) is 6.10 Å². The maximum Gasteiger partial charge on any atom is 0.472 e. The molecule has 0 bridgehead atoms. The Morgan fingerprint density at radius 1 is 0.469 bits per heavy atom. The fourth-order valence-electron chi connectivity index (χ4n) is 6.28. The van der Waals surface area contributed by atoms with E-state index in [1.54, 1.807) is 0 Å². The summed E-state index contributed by atoms with van der Waals surface area (Å²) < 4.78 is 33.6. The molecule has 2 unspecified atom stereocenters. The van der Waals surface area contributed by atoms with Crippen molar-refractivity contribution in [3.63, 3.8) is 0 Å².